The minimum absolute atomic E-state index is 0.339. The van der Waals surface area contributed by atoms with E-state index in [9.17, 15) is 0 Å². The Labute approximate surface area is 156 Å². The molecule has 1 saturated carbocycles. The van der Waals surface area contributed by atoms with Crippen molar-refractivity contribution in [3.05, 3.63) is 29.4 Å². The van der Waals surface area contributed by atoms with Crippen molar-refractivity contribution in [2.24, 2.45) is 17.8 Å². The second-order valence-electron chi connectivity index (χ2n) is 7.50. The maximum absolute atomic E-state index is 6.39. The van der Waals surface area contributed by atoms with Crippen molar-refractivity contribution in [3.8, 4) is 21.4 Å². The molecule has 1 aliphatic carbocycles. The van der Waals surface area contributed by atoms with Gasteiger partial charge in [-0.25, -0.2) is 4.98 Å². The molecule has 4 nitrogen and oxygen atoms in total. The summed E-state index contributed by atoms with van der Waals surface area (Å²) >= 11 is 7.85. The molecule has 4 fully saturated rings. The van der Waals surface area contributed by atoms with Gasteiger partial charge in [0.15, 0.2) is 0 Å². The number of piperidine rings is 3. The van der Waals surface area contributed by atoms with Crippen LogP contribution < -0.4 is 9.47 Å². The largest absolute Gasteiger partial charge is 0.495 e. The molecule has 4 aliphatic rings. The summed E-state index contributed by atoms with van der Waals surface area (Å²) in [5.74, 6) is 2.93. The van der Waals surface area contributed by atoms with Crippen molar-refractivity contribution in [1.29, 1.82) is 0 Å². The van der Waals surface area contributed by atoms with Crippen molar-refractivity contribution in [2.45, 2.75) is 18.9 Å². The number of thiazole rings is 1. The molecular weight excluding hydrogens is 356 g/mol. The Kier molecular flexibility index (Phi) is 3.91. The minimum Gasteiger partial charge on any atom is -0.495 e. The first kappa shape index (κ1) is 15.9. The highest BCUT2D eigenvalue weighted by Gasteiger charge is 2.48. The van der Waals surface area contributed by atoms with Crippen LogP contribution in [0.2, 0.25) is 5.02 Å². The van der Waals surface area contributed by atoms with Gasteiger partial charge >= 0.3 is 0 Å². The van der Waals surface area contributed by atoms with Gasteiger partial charge < -0.3 is 14.4 Å². The third kappa shape index (κ3) is 2.82. The lowest BCUT2D eigenvalue weighted by Crippen LogP contribution is -2.61. The highest BCUT2D eigenvalue weighted by atomic mass is 35.5. The zero-order chi connectivity index (χ0) is 17.0. The summed E-state index contributed by atoms with van der Waals surface area (Å²) in [6.07, 6.45) is 4.87. The molecule has 25 heavy (non-hydrogen) atoms. The lowest BCUT2D eigenvalue weighted by Gasteiger charge is -2.55. The fourth-order valence-electron chi connectivity index (χ4n) is 4.94. The third-order valence-electron chi connectivity index (χ3n) is 5.86. The molecule has 3 saturated heterocycles. The standard InChI is InChI=1S/C19H21ClN2O2S/c1-23-16-3-2-12(6-15(16)20)17-7-21-19(25-17)24-18-13-4-11-5-14(18)10-22(8-11)9-13/h2-3,6-7,11,13-14,18H,4-5,8-10H2,1H3/t11?,13-,14-,18?/m0/s1. The van der Waals surface area contributed by atoms with E-state index < -0.39 is 0 Å². The first-order valence-electron chi connectivity index (χ1n) is 8.88. The van der Waals surface area contributed by atoms with Crippen molar-refractivity contribution in [3.63, 3.8) is 0 Å². The molecular formula is C19H21ClN2O2S. The number of benzene rings is 1. The summed E-state index contributed by atoms with van der Waals surface area (Å²) in [6.45, 7) is 3.70. The van der Waals surface area contributed by atoms with Crippen molar-refractivity contribution in [2.75, 3.05) is 26.7 Å². The van der Waals surface area contributed by atoms with Gasteiger partial charge in [0.25, 0.3) is 5.19 Å². The molecule has 2 atom stereocenters. The van der Waals surface area contributed by atoms with Crippen LogP contribution in [0.3, 0.4) is 0 Å². The number of ether oxygens (including phenoxy) is 2. The van der Waals surface area contributed by atoms with Gasteiger partial charge in [0.1, 0.15) is 11.9 Å². The first-order valence-corrected chi connectivity index (χ1v) is 10.1. The molecule has 0 N–H and O–H groups in total. The topological polar surface area (TPSA) is 34.6 Å². The molecule has 2 aromatic rings. The summed E-state index contributed by atoms with van der Waals surface area (Å²) in [7, 11) is 1.63. The van der Waals surface area contributed by atoms with E-state index in [4.69, 9.17) is 21.1 Å². The van der Waals surface area contributed by atoms with Gasteiger partial charge in [-0.15, -0.1) is 0 Å². The van der Waals surface area contributed by atoms with Gasteiger partial charge in [0.2, 0.25) is 0 Å². The van der Waals surface area contributed by atoms with E-state index in [2.05, 4.69) is 9.88 Å². The molecule has 4 heterocycles. The molecule has 6 rings (SSSR count). The maximum atomic E-state index is 6.39. The van der Waals surface area contributed by atoms with E-state index in [1.807, 2.05) is 24.4 Å². The molecule has 1 aromatic heterocycles. The molecule has 0 unspecified atom stereocenters. The van der Waals surface area contributed by atoms with Gasteiger partial charge in [-0.2, -0.15) is 0 Å². The van der Waals surface area contributed by atoms with Crippen LogP contribution in [0.1, 0.15) is 12.8 Å². The van der Waals surface area contributed by atoms with Crippen LogP contribution in [0, 0.1) is 17.8 Å². The average molecular weight is 377 g/mol. The van der Waals surface area contributed by atoms with E-state index in [0.29, 0.717) is 28.7 Å². The van der Waals surface area contributed by atoms with Gasteiger partial charge in [-0.1, -0.05) is 22.9 Å². The SMILES string of the molecule is COc1ccc(-c2cnc(OC3[C@H]4CC5C[C@H]3CN(C5)C4)s2)cc1Cl. The Morgan fingerprint density at radius 1 is 1.20 bits per heavy atom. The van der Waals surface area contributed by atoms with Crippen LogP contribution in [-0.4, -0.2) is 42.7 Å². The van der Waals surface area contributed by atoms with Crippen LogP contribution in [0.15, 0.2) is 24.4 Å². The van der Waals surface area contributed by atoms with Crippen LogP contribution in [0.4, 0.5) is 0 Å². The molecule has 4 bridgehead atoms. The van der Waals surface area contributed by atoms with Crippen molar-refractivity contribution >= 4 is 22.9 Å². The number of hydrogen-bond acceptors (Lipinski definition) is 5. The summed E-state index contributed by atoms with van der Waals surface area (Å²) in [4.78, 5) is 8.23. The molecule has 1 aromatic carbocycles. The summed E-state index contributed by atoms with van der Waals surface area (Å²) in [6, 6.07) is 5.83. The number of hydrogen-bond donors (Lipinski definition) is 0. The Morgan fingerprint density at radius 2 is 2.00 bits per heavy atom. The zero-order valence-corrected chi connectivity index (χ0v) is 15.7. The quantitative estimate of drug-likeness (QED) is 0.801. The van der Waals surface area contributed by atoms with Gasteiger partial charge in [-0.05, 0) is 42.5 Å². The number of aromatic nitrogens is 1. The first-order chi connectivity index (χ1) is 12.2. The Hall–Kier alpha value is -1.30. The normalized spacial score (nSPS) is 32.8. The molecule has 3 aliphatic heterocycles. The van der Waals surface area contributed by atoms with Crippen LogP contribution >= 0.6 is 22.9 Å². The van der Waals surface area contributed by atoms with Crippen molar-refractivity contribution in [1.82, 2.24) is 9.88 Å². The Bertz CT molecular complexity index is 765. The molecule has 0 spiro atoms. The van der Waals surface area contributed by atoms with E-state index in [1.165, 1.54) is 32.5 Å². The zero-order valence-electron chi connectivity index (χ0n) is 14.2. The minimum atomic E-state index is 0.339. The Morgan fingerprint density at radius 3 is 2.68 bits per heavy atom. The Balaban J connectivity index is 1.34. The molecule has 6 heteroatoms. The van der Waals surface area contributed by atoms with E-state index in [-0.39, 0.29) is 0 Å². The number of methoxy groups -OCH3 is 1. The van der Waals surface area contributed by atoms with E-state index >= 15 is 0 Å². The monoisotopic (exact) mass is 376 g/mol. The highest BCUT2D eigenvalue weighted by Crippen LogP contribution is 2.45. The maximum Gasteiger partial charge on any atom is 0.273 e. The lowest BCUT2D eigenvalue weighted by molar-refractivity contribution is -0.0985. The van der Waals surface area contributed by atoms with Gasteiger partial charge in [0, 0.05) is 37.7 Å². The average Bonchev–Trinajstić information content (AvgIpc) is 3.06. The van der Waals surface area contributed by atoms with Crippen molar-refractivity contribution < 1.29 is 9.47 Å². The van der Waals surface area contributed by atoms with Gasteiger partial charge in [0.05, 0.1) is 17.0 Å². The summed E-state index contributed by atoms with van der Waals surface area (Å²) in [5.41, 5.74) is 1.05. The summed E-state index contributed by atoms with van der Waals surface area (Å²) < 4.78 is 11.6. The number of rotatable bonds is 4. The second kappa shape index (κ2) is 6.15. The number of halogens is 1. The van der Waals surface area contributed by atoms with Crippen LogP contribution in [0.25, 0.3) is 10.4 Å². The second-order valence-corrected chi connectivity index (χ2v) is 8.90. The van der Waals surface area contributed by atoms with E-state index in [0.717, 1.165) is 21.6 Å². The van der Waals surface area contributed by atoms with Crippen LogP contribution in [0.5, 0.6) is 10.9 Å². The fraction of sp³-hybridized carbons (Fsp3) is 0.526. The fourth-order valence-corrected chi connectivity index (χ4v) is 6.00. The highest BCUT2D eigenvalue weighted by molar-refractivity contribution is 7.16. The lowest BCUT2D eigenvalue weighted by atomic mass is 9.66. The van der Waals surface area contributed by atoms with Gasteiger partial charge in [-0.3, -0.25) is 0 Å². The smallest absolute Gasteiger partial charge is 0.273 e. The third-order valence-corrected chi connectivity index (χ3v) is 7.09. The predicted octanol–water partition coefficient (Wildman–Crippen LogP) is 4.19. The van der Waals surface area contributed by atoms with E-state index in [1.54, 1.807) is 18.4 Å². The summed E-state index contributed by atoms with van der Waals surface area (Å²) in [5, 5.41) is 1.40. The molecule has 132 valence electrons. The molecule has 0 radical (unpaired) electrons. The molecule has 0 amide bonds. The predicted molar refractivity (Wildman–Crippen MR) is 99.7 cm³/mol. The van der Waals surface area contributed by atoms with Crippen LogP contribution in [-0.2, 0) is 0 Å². The number of nitrogens with zero attached hydrogens (tertiary/aromatic N) is 2.